The summed E-state index contributed by atoms with van der Waals surface area (Å²) in [6.45, 7) is 4.10. The molecule has 0 amide bonds. The predicted octanol–water partition coefficient (Wildman–Crippen LogP) is 2.82. The number of rotatable bonds is 5. The van der Waals surface area contributed by atoms with Crippen LogP contribution < -0.4 is 0 Å². The molecular weight excluding hydrogens is 188 g/mol. The molecule has 2 nitrogen and oxygen atoms in total. The Morgan fingerprint density at radius 1 is 1.33 bits per heavy atom. The van der Waals surface area contributed by atoms with Gasteiger partial charge in [-0.15, -0.1) is 0 Å². The van der Waals surface area contributed by atoms with E-state index in [9.17, 15) is 4.79 Å². The summed E-state index contributed by atoms with van der Waals surface area (Å²) in [5.74, 6) is 0.234. The summed E-state index contributed by atoms with van der Waals surface area (Å²) in [5.41, 5.74) is 1.30. The van der Waals surface area contributed by atoms with Crippen LogP contribution in [0.5, 0.6) is 0 Å². The molecule has 0 aromatic heterocycles. The lowest BCUT2D eigenvalue weighted by Gasteiger charge is -2.14. The predicted molar refractivity (Wildman–Crippen MR) is 60.6 cm³/mol. The first kappa shape index (κ1) is 11.8. The minimum atomic E-state index is -0.193. The van der Waals surface area contributed by atoms with E-state index in [1.165, 1.54) is 12.5 Å². The van der Waals surface area contributed by atoms with Crippen molar-refractivity contribution in [3.63, 3.8) is 0 Å². The van der Waals surface area contributed by atoms with Gasteiger partial charge in [0.05, 0.1) is 6.61 Å². The molecule has 1 atom stereocenters. The summed E-state index contributed by atoms with van der Waals surface area (Å²) in [7, 11) is 0. The molecule has 1 unspecified atom stereocenters. The highest BCUT2D eigenvalue weighted by molar-refractivity contribution is 5.65. The van der Waals surface area contributed by atoms with E-state index in [0.29, 0.717) is 12.5 Å². The van der Waals surface area contributed by atoms with Crippen molar-refractivity contribution in [2.45, 2.75) is 26.7 Å². The Labute approximate surface area is 91.3 Å². The van der Waals surface area contributed by atoms with Crippen molar-refractivity contribution < 1.29 is 9.53 Å². The number of esters is 1. The van der Waals surface area contributed by atoms with Crippen LogP contribution in [0.15, 0.2) is 30.3 Å². The molecule has 15 heavy (non-hydrogen) atoms. The summed E-state index contributed by atoms with van der Waals surface area (Å²) in [5, 5.41) is 0. The Balaban J connectivity index is 2.43. The Hall–Kier alpha value is -1.31. The minimum absolute atomic E-state index is 0.193. The maximum absolute atomic E-state index is 10.7. The summed E-state index contributed by atoms with van der Waals surface area (Å²) in [4.78, 5) is 10.7. The van der Waals surface area contributed by atoms with Gasteiger partial charge in [-0.2, -0.15) is 0 Å². The molecule has 1 aromatic rings. The zero-order valence-corrected chi connectivity index (χ0v) is 9.40. The summed E-state index contributed by atoms with van der Waals surface area (Å²) >= 11 is 0. The molecule has 1 rings (SSSR count). The maximum Gasteiger partial charge on any atom is 0.302 e. The Kier molecular flexibility index (Phi) is 4.88. The molecular formula is C13H18O2. The number of carbonyl (C=O) groups is 1. The summed E-state index contributed by atoms with van der Waals surface area (Å²) < 4.78 is 5.03. The minimum Gasteiger partial charge on any atom is -0.466 e. The first-order chi connectivity index (χ1) is 7.22. The summed E-state index contributed by atoms with van der Waals surface area (Å²) in [6.07, 6.45) is 2.01. The molecule has 82 valence electrons. The zero-order chi connectivity index (χ0) is 11.1. The van der Waals surface area contributed by atoms with Crippen molar-refractivity contribution in [2.75, 3.05) is 6.61 Å². The fourth-order valence-corrected chi connectivity index (χ4v) is 1.50. The molecule has 0 saturated heterocycles. The average molecular weight is 206 g/mol. The zero-order valence-electron chi connectivity index (χ0n) is 9.40. The van der Waals surface area contributed by atoms with Crippen LogP contribution in [0.4, 0.5) is 0 Å². The molecule has 2 heteroatoms. The van der Waals surface area contributed by atoms with Gasteiger partial charge in [0.25, 0.3) is 0 Å². The first-order valence-corrected chi connectivity index (χ1v) is 5.39. The Bertz CT molecular complexity index is 293. The van der Waals surface area contributed by atoms with E-state index in [4.69, 9.17) is 4.74 Å². The van der Waals surface area contributed by atoms with E-state index in [2.05, 4.69) is 19.1 Å². The van der Waals surface area contributed by atoms with Crippen molar-refractivity contribution in [2.24, 2.45) is 5.92 Å². The molecule has 1 aromatic carbocycles. The number of hydrogen-bond acceptors (Lipinski definition) is 2. The van der Waals surface area contributed by atoms with Crippen LogP contribution in [0, 0.1) is 5.92 Å². The highest BCUT2D eigenvalue weighted by atomic mass is 16.5. The van der Waals surface area contributed by atoms with Crippen LogP contribution in [0.1, 0.15) is 25.8 Å². The molecule has 0 aliphatic heterocycles. The van der Waals surface area contributed by atoms with Crippen LogP contribution in [-0.2, 0) is 16.0 Å². The van der Waals surface area contributed by atoms with Gasteiger partial charge in [-0.3, -0.25) is 4.79 Å². The van der Waals surface area contributed by atoms with Gasteiger partial charge in [-0.25, -0.2) is 0 Å². The van der Waals surface area contributed by atoms with Crippen LogP contribution in [0.25, 0.3) is 0 Å². The Morgan fingerprint density at radius 3 is 2.53 bits per heavy atom. The quantitative estimate of drug-likeness (QED) is 0.692. The number of benzene rings is 1. The molecule has 0 N–H and O–H groups in total. The number of ether oxygens (including phenoxy) is 1. The summed E-state index contributed by atoms with van der Waals surface area (Å²) in [6, 6.07) is 10.3. The standard InChI is InChI=1S/C13H18O2/c1-3-12(10-15-11(2)14)9-13-7-5-4-6-8-13/h4-8,12H,3,9-10H2,1-2H3. The second-order valence-corrected chi connectivity index (χ2v) is 3.77. The molecule has 0 spiro atoms. The lowest BCUT2D eigenvalue weighted by molar-refractivity contribution is -0.142. The van der Waals surface area contributed by atoms with E-state index >= 15 is 0 Å². The molecule has 0 saturated carbocycles. The van der Waals surface area contributed by atoms with Crippen LogP contribution in [0.3, 0.4) is 0 Å². The lowest BCUT2D eigenvalue weighted by atomic mass is 9.98. The van der Waals surface area contributed by atoms with Crippen molar-refractivity contribution in [3.05, 3.63) is 35.9 Å². The van der Waals surface area contributed by atoms with Gasteiger partial charge in [-0.05, 0) is 24.3 Å². The number of carbonyl (C=O) groups excluding carboxylic acids is 1. The smallest absolute Gasteiger partial charge is 0.302 e. The second-order valence-electron chi connectivity index (χ2n) is 3.77. The second kappa shape index (κ2) is 6.23. The van der Waals surface area contributed by atoms with E-state index in [1.807, 2.05) is 18.2 Å². The van der Waals surface area contributed by atoms with Gasteiger partial charge < -0.3 is 4.74 Å². The fraction of sp³-hybridized carbons (Fsp3) is 0.462. The molecule has 0 aliphatic carbocycles. The van der Waals surface area contributed by atoms with Crippen molar-refractivity contribution in [1.29, 1.82) is 0 Å². The van der Waals surface area contributed by atoms with Crippen LogP contribution >= 0.6 is 0 Å². The fourth-order valence-electron chi connectivity index (χ4n) is 1.50. The van der Waals surface area contributed by atoms with Crippen LogP contribution in [-0.4, -0.2) is 12.6 Å². The highest BCUT2D eigenvalue weighted by Gasteiger charge is 2.08. The van der Waals surface area contributed by atoms with Gasteiger partial charge in [-0.1, -0.05) is 37.3 Å². The van der Waals surface area contributed by atoms with Crippen LogP contribution in [0.2, 0.25) is 0 Å². The van der Waals surface area contributed by atoms with Gasteiger partial charge in [0.1, 0.15) is 0 Å². The maximum atomic E-state index is 10.7. The molecule has 0 fully saturated rings. The van der Waals surface area contributed by atoms with Crippen molar-refractivity contribution in [3.8, 4) is 0 Å². The largest absolute Gasteiger partial charge is 0.466 e. The van der Waals surface area contributed by atoms with E-state index in [0.717, 1.165) is 12.8 Å². The monoisotopic (exact) mass is 206 g/mol. The topological polar surface area (TPSA) is 26.3 Å². The average Bonchev–Trinajstić information content (AvgIpc) is 2.25. The highest BCUT2D eigenvalue weighted by Crippen LogP contribution is 2.12. The van der Waals surface area contributed by atoms with Crippen molar-refractivity contribution in [1.82, 2.24) is 0 Å². The third kappa shape index (κ3) is 4.63. The Morgan fingerprint density at radius 2 is 2.00 bits per heavy atom. The number of hydrogen-bond donors (Lipinski definition) is 0. The lowest BCUT2D eigenvalue weighted by Crippen LogP contribution is -2.14. The van der Waals surface area contributed by atoms with Crippen molar-refractivity contribution >= 4 is 5.97 Å². The molecule has 0 radical (unpaired) electrons. The molecule has 0 heterocycles. The van der Waals surface area contributed by atoms with E-state index in [-0.39, 0.29) is 5.97 Å². The SMILES string of the molecule is CCC(COC(C)=O)Cc1ccccc1. The molecule has 0 bridgehead atoms. The van der Waals surface area contributed by atoms with Gasteiger partial charge in [0.2, 0.25) is 0 Å². The van der Waals surface area contributed by atoms with E-state index in [1.54, 1.807) is 0 Å². The van der Waals surface area contributed by atoms with E-state index < -0.39 is 0 Å². The third-order valence-corrected chi connectivity index (χ3v) is 2.47. The van der Waals surface area contributed by atoms with Gasteiger partial charge in [0.15, 0.2) is 0 Å². The molecule has 0 aliphatic rings. The first-order valence-electron chi connectivity index (χ1n) is 5.39. The van der Waals surface area contributed by atoms with Gasteiger partial charge >= 0.3 is 5.97 Å². The normalized spacial score (nSPS) is 12.1. The third-order valence-electron chi connectivity index (χ3n) is 2.47. The van der Waals surface area contributed by atoms with Gasteiger partial charge in [0, 0.05) is 6.92 Å².